The molecule has 0 aromatic heterocycles. The van der Waals surface area contributed by atoms with Gasteiger partial charge in [0.2, 0.25) is 0 Å². The fraction of sp³-hybridized carbons (Fsp3) is 0.273. The van der Waals surface area contributed by atoms with E-state index in [2.05, 4.69) is 11.9 Å². The van der Waals surface area contributed by atoms with Gasteiger partial charge in [-0.1, -0.05) is 6.58 Å². The van der Waals surface area contributed by atoms with Crippen LogP contribution in [0.1, 0.15) is 12.5 Å². The number of ether oxygens (including phenoxy) is 1. The van der Waals surface area contributed by atoms with Crippen molar-refractivity contribution in [3.63, 3.8) is 0 Å². The largest absolute Gasteiger partial charge is 0.494 e. The average Bonchev–Trinajstić information content (AvgIpc) is 2.20. The Morgan fingerprint density at radius 3 is 2.67 bits per heavy atom. The van der Waals surface area contributed by atoms with Crippen LogP contribution in [-0.2, 0) is 0 Å². The van der Waals surface area contributed by atoms with Crippen molar-refractivity contribution in [2.75, 3.05) is 24.7 Å². The third-order valence-corrected chi connectivity index (χ3v) is 2.08. The lowest BCUT2D eigenvalue weighted by Gasteiger charge is -2.14. The van der Waals surface area contributed by atoms with E-state index < -0.39 is 0 Å². The van der Waals surface area contributed by atoms with Crippen LogP contribution in [0.5, 0.6) is 5.75 Å². The molecule has 4 heteroatoms. The van der Waals surface area contributed by atoms with E-state index in [-0.39, 0.29) is 0 Å². The number of nitrogens with one attached hydrogen (secondary N) is 1. The van der Waals surface area contributed by atoms with Gasteiger partial charge < -0.3 is 21.5 Å². The molecule has 82 valence electrons. The maximum Gasteiger partial charge on any atom is 0.144 e. The molecule has 5 N–H and O–H groups in total. The summed E-state index contributed by atoms with van der Waals surface area (Å²) < 4.78 is 5.23. The maximum atomic E-state index is 5.88. The van der Waals surface area contributed by atoms with E-state index in [4.69, 9.17) is 16.2 Å². The second kappa shape index (κ2) is 4.59. The summed E-state index contributed by atoms with van der Waals surface area (Å²) in [7, 11) is 1.60. The van der Waals surface area contributed by atoms with Crippen molar-refractivity contribution in [2.24, 2.45) is 5.73 Å². The van der Waals surface area contributed by atoms with Crippen molar-refractivity contribution in [2.45, 2.75) is 6.92 Å². The van der Waals surface area contributed by atoms with Crippen molar-refractivity contribution in [3.8, 4) is 5.75 Å². The second-order valence-corrected chi connectivity index (χ2v) is 3.20. The molecule has 1 aromatic rings. The predicted octanol–water partition coefficient (Wildman–Crippen LogP) is 1.64. The number of nitrogens with two attached hydrogens (primary N) is 2. The SMILES string of the molecule is C=C(N)c1cc(N)c(NCC)c(OC)c1. The molecule has 0 bridgehead atoms. The second-order valence-electron chi connectivity index (χ2n) is 3.20. The van der Waals surface area contributed by atoms with Gasteiger partial charge in [0.25, 0.3) is 0 Å². The molecule has 0 radical (unpaired) electrons. The summed E-state index contributed by atoms with van der Waals surface area (Å²) >= 11 is 0. The monoisotopic (exact) mass is 207 g/mol. The number of nitrogen functional groups attached to an aromatic ring is 1. The molecule has 1 rings (SSSR count). The van der Waals surface area contributed by atoms with Gasteiger partial charge in [-0.2, -0.15) is 0 Å². The fourth-order valence-electron chi connectivity index (χ4n) is 1.35. The lowest BCUT2D eigenvalue weighted by Crippen LogP contribution is -2.05. The zero-order valence-electron chi connectivity index (χ0n) is 9.13. The van der Waals surface area contributed by atoms with E-state index in [0.29, 0.717) is 17.1 Å². The summed E-state index contributed by atoms with van der Waals surface area (Å²) in [4.78, 5) is 0. The zero-order valence-corrected chi connectivity index (χ0v) is 9.13. The molecule has 0 fully saturated rings. The van der Waals surface area contributed by atoms with Gasteiger partial charge in [0.1, 0.15) is 11.4 Å². The van der Waals surface area contributed by atoms with Crippen LogP contribution in [0, 0.1) is 0 Å². The number of anilines is 2. The lowest BCUT2D eigenvalue weighted by molar-refractivity contribution is 0.416. The van der Waals surface area contributed by atoms with E-state index in [0.717, 1.165) is 17.8 Å². The first kappa shape index (κ1) is 11.2. The first-order valence-electron chi connectivity index (χ1n) is 4.76. The summed E-state index contributed by atoms with van der Waals surface area (Å²) in [6.45, 7) is 6.44. The minimum Gasteiger partial charge on any atom is -0.494 e. The molecule has 0 aliphatic carbocycles. The zero-order chi connectivity index (χ0) is 11.4. The molecule has 0 spiro atoms. The van der Waals surface area contributed by atoms with Crippen LogP contribution in [-0.4, -0.2) is 13.7 Å². The van der Waals surface area contributed by atoms with E-state index >= 15 is 0 Å². The molecule has 0 aliphatic rings. The molecule has 0 saturated heterocycles. The molecule has 0 saturated carbocycles. The molecule has 0 atom stereocenters. The topological polar surface area (TPSA) is 73.3 Å². The third-order valence-electron chi connectivity index (χ3n) is 2.08. The van der Waals surface area contributed by atoms with Gasteiger partial charge in [-0.25, -0.2) is 0 Å². The molecule has 0 unspecified atom stereocenters. The van der Waals surface area contributed by atoms with Gasteiger partial charge in [-0.3, -0.25) is 0 Å². The first-order valence-corrected chi connectivity index (χ1v) is 4.76. The van der Waals surface area contributed by atoms with Gasteiger partial charge in [-0.15, -0.1) is 0 Å². The van der Waals surface area contributed by atoms with Crippen molar-refractivity contribution < 1.29 is 4.74 Å². The van der Waals surface area contributed by atoms with E-state index in [1.165, 1.54) is 0 Å². The Labute approximate surface area is 89.9 Å². The summed E-state index contributed by atoms with van der Waals surface area (Å²) in [6, 6.07) is 3.60. The van der Waals surface area contributed by atoms with Gasteiger partial charge >= 0.3 is 0 Å². The quantitative estimate of drug-likeness (QED) is 0.656. The third kappa shape index (κ3) is 2.34. The van der Waals surface area contributed by atoms with Crippen LogP contribution < -0.4 is 21.5 Å². The van der Waals surface area contributed by atoms with Crippen LogP contribution in [0.25, 0.3) is 5.70 Å². The smallest absolute Gasteiger partial charge is 0.144 e. The molecule has 0 aliphatic heterocycles. The number of benzene rings is 1. The van der Waals surface area contributed by atoms with Crippen molar-refractivity contribution in [1.82, 2.24) is 0 Å². The highest BCUT2D eigenvalue weighted by Gasteiger charge is 2.09. The van der Waals surface area contributed by atoms with E-state index in [9.17, 15) is 0 Å². The summed E-state index contributed by atoms with van der Waals surface area (Å²) in [6.07, 6.45) is 0. The Morgan fingerprint density at radius 1 is 1.53 bits per heavy atom. The Balaban J connectivity index is 3.24. The Hall–Kier alpha value is -1.84. The van der Waals surface area contributed by atoms with Gasteiger partial charge in [-0.05, 0) is 19.1 Å². The minimum absolute atomic E-state index is 0.475. The Kier molecular flexibility index (Phi) is 3.44. The Bertz CT molecular complexity index is 374. The Morgan fingerprint density at radius 2 is 2.20 bits per heavy atom. The molecule has 4 nitrogen and oxygen atoms in total. The highest BCUT2D eigenvalue weighted by Crippen LogP contribution is 2.33. The molecular formula is C11H17N3O. The average molecular weight is 207 g/mol. The number of rotatable bonds is 4. The van der Waals surface area contributed by atoms with Crippen LogP contribution in [0.2, 0.25) is 0 Å². The van der Waals surface area contributed by atoms with Crippen molar-refractivity contribution >= 4 is 17.1 Å². The maximum absolute atomic E-state index is 5.88. The molecule has 0 heterocycles. The number of hydrogen-bond acceptors (Lipinski definition) is 4. The molecular weight excluding hydrogens is 190 g/mol. The van der Waals surface area contributed by atoms with Crippen LogP contribution in [0.4, 0.5) is 11.4 Å². The lowest BCUT2D eigenvalue weighted by atomic mass is 10.1. The van der Waals surface area contributed by atoms with Gasteiger partial charge in [0, 0.05) is 17.8 Å². The van der Waals surface area contributed by atoms with Crippen molar-refractivity contribution in [1.29, 1.82) is 0 Å². The van der Waals surface area contributed by atoms with Gasteiger partial charge in [0.15, 0.2) is 0 Å². The van der Waals surface area contributed by atoms with Gasteiger partial charge in [0.05, 0.1) is 12.8 Å². The number of methoxy groups -OCH3 is 1. The standard InChI is InChI=1S/C11H17N3O/c1-4-14-11-9(13)5-8(7(2)12)6-10(11)15-3/h5-6,14H,2,4,12-13H2,1,3H3. The molecule has 15 heavy (non-hydrogen) atoms. The van der Waals surface area contributed by atoms with Crippen molar-refractivity contribution in [3.05, 3.63) is 24.3 Å². The van der Waals surface area contributed by atoms with E-state index in [1.54, 1.807) is 13.2 Å². The minimum atomic E-state index is 0.475. The predicted molar refractivity (Wildman–Crippen MR) is 64.8 cm³/mol. The fourth-order valence-corrected chi connectivity index (χ4v) is 1.35. The van der Waals surface area contributed by atoms with Crippen LogP contribution >= 0.6 is 0 Å². The first-order chi connectivity index (χ1) is 7.10. The number of hydrogen-bond donors (Lipinski definition) is 3. The molecule has 1 aromatic carbocycles. The highest BCUT2D eigenvalue weighted by molar-refractivity contribution is 5.79. The highest BCUT2D eigenvalue weighted by atomic mass is 16.5. The summed E-state index contributed by atoms with van der Waals surface area (Å²) in [5.74, 6) is 0.679. The summed E-state index contributed by atoms with van der Waals surface area (Å²) in [5, 5.41) is 3.14. The van der Waals surface area contributed by atoms with Crippen LogP contribution in [0.3, 0.4) is 0 Å². The van der Waals surface area contributed by atoms with Crippen LogP contribution in [0.15, 0.2) is 18.7 Å². The van der Waals surface area contributed by atoms with E-state index in [1.807, 2.05) is 13.0 Å². The normalized spacial score (nSPS) is 9.73. The molecule has 0 amide bonds. The summed E-state index contributed by atoms with van der Waals surface area (Å²) in [5.41, 5.74) is 14.2.